The normalized spacial score (nSPS) is 20.1. The van der Waals surface area contributed by atoms with Gasteiger partial charge in [0.25, 0.3) is 5.56 Å². The van der Waals surface area contributed by atoms with Crippen molar-refractivity contribution in [3.05, 3.63) is 52.2 Å². The molecule has 0 aromatic carbocycles. The van der Waals surface area contributed by atoms with Crippen molar-refractivity contribution >= 4 is 11.9 Å². The highest BCUT2D eigenvalue weighted by atomic mass is 16.5. The molecule has 2 aromatic heterocycles. The molecule has 2 aromatic rings. The van der Waals surface area contributed by atoms with Crippen molar-refractivity contribution < 1.29 is 4.74 Å². The fraction of sp³-hybridized carbons (Fsp3) is 0.375. The number of rotatable bonds is 1. The third kappa shape index (κ3) is 2.65. The molecular weight excluding hydrogens is 308 g/mol. The average Bonchev–Trinajstić information content (AvgIpc) is 2.62. The summed E-state index contributed by atoms with van der Waals surface area (Å²) in [4.78, 5) is 28.2. The summed E-state index contributed by atoms with van der Waals surface area (Å²) in [7, 11) is 0. The van der Waals surface area contributed by atoms with Crippen LogP contribution in [-0.4, -0.2) is 51.7 Å². The van der Waals surface area contributed by atoms with E-state index >= 15 is 0 Å². The largest absolute Gasteiger partial charge is 0.378 e. The molecule has 1 N–H and O–H groups in total. The van der Waals surface area contributed by atoms with Gasteiger partial charge in [0.1, 0.15) is 0 Å². The summed E-state index contributed by atoms with van der Waals surface area (Å²) in [6.45, 7) is 4.61. The zero-order valence-electron chi connectivity index (χ0n) is 13.3. The highest BCUT2D eigenvalue weighted by molar-refractivity contribution is 5.93. The topological polar surface area (TPSA) is 84.6 Å². The first-order valence-electron chi connectivity index (χ1n) is 7.91. The number of nitrogens with one attached hydrogen (secondary N) is 1. The van der Waals surface area contributed by atoms with Crippen LogP contribution in [0.25, 0.3) is 0 Å². The molecule has 0 unspecified atom stereocenters. The molecule has 0 bridgehead atoms. The van der Waals surface area contributed by atoms with E-state index in [4.69, 9.17) is 9.73 Å². The molecule has 0 radical (unpaired) electrons. The SMILES string of the molecule is Cc1cc(=O)n2c(n1)NC(N1CCOCC1)=N[C@H]2c1ccccn1. The summed E-state index contributed by atoms with van der Waals surface area (Å²) in [6, 6.07) is 7.11. The van der Waals surface area contributed by atoms with Gasteiger partial charge in [-0.3, -0.25) is 15.1 Å². The Kier molecular flexibility index (Phi) is 3.73. The second-order valence-electron chi connectivity index (χ2n) is 5.73. The van der Waals surface area contributed by atoms with Gasteiger partial charge in [-0.15, -0.1) is 0 Å². The molecular formula is C16H18N6O2. The lowest BCUT2D eigenvalue weighted by atomic mass is 10.2. The first-order valence-corrected chi connectivity index (χ1v) is 7.91. The maximum absolute atomic E-state index is 12.5. The van der Waals surface area contributed by atoms with Crippen LogP contribution in [0.2, 0.25) is 0 Å². The summed E-state index contributed by atoms with van der Waals surface area (Å²) in [6.07, 6.45) is 1.18. The van der Waals surface area contributed by atoms with Crippen molar-refractivity contribution in [1.29, 1.82) is 0 Å². The van der Waals surface area contributed by atoms with Crippen LogP contribution in [0.15, 0.2) is 40.2 Å². The molecule has 0 spiro atoms. The van der Waals surface area contributed by atoms with Crippen molar-refractivity contribution in [1.82, 2.24) is 19.4 Å². The standard InChI is InChI=1S/C16H18N6O2/c1-11-10-13(23)22-14(12-4-2-3-5-17-12)19-15(20-16(22)18-11)21-6-8-24-9-7-21/h2-5,10,14H,6-9H2,1H3,(H,18,19,20)/t14-/m1/s1. The summed E-state index contributed by atoms with van der Waals surface area (Å²) < 4.78 is 6.94. The van der Waals surface area contributed by atoms with E-state index in [1.807, 2.05) is 18.2 Å². The number of nitrogens with zero attached hydrogens (tertiary/aromatic N) is 5. The Balaban J connectivity index is 1.82. The summed E-state index contributed by atoms with van der Waals surface area (Å²) in [5.41, 5.74) is 1.23. The van der Waals surface area contributed by atoms with Gasteiger partial charge in [0, 0.05) is 31.0 Å². The van der Waals surface area contributed by atoms with E-state index < -0.39 is 6.17 Å². The lowest BCUT2D eigenvalue weighted by Crippen LogP contribution is -2.47. The van der Waals surface area contributed by atoms with Crippen LogP contribution in [-0.2, 0) is 4.74 Å². The van der Waals surface area contributed by atoms with Crippen molar-refractivity contribution in [3.63, 3.8) is 0 Å². The lowest BCUT2D eigenvalue weighted by Gasteiger charge is -2.34. The van der Waals surface area contributed by atoms with Gasteiger partial charge in [-0.1, -0.05) is 6.07 Å². The van der Waals surface area contributed by atoms with E-state index in [1.54, 1.807) is 17.7 Å². The quantitative estimate of drug-likeness (QED) is 0.826. The minimum Gasteiger partial charge on any atom is -0.378 e. The number of hydrogen-bond donors (Lipinski definition) is 1. The number of morpholine rings is 1. The number of aromatic nitrogens is 3. The van der Waals surface area contributed by atoms with Gasteiger partial charge >= 0.3 is 0 Å². The molecule has 0 aliphatic carbocycles. The Morgan fingerprint density at radius 3 is 2.88 bits per heavy atom. The summed E-state index contributed by atoms with van der Waals surface area (Å²) in [5, 5.41) is 3.19. The van der Waals surface area contributed by atoms with Gasteiger partial charge in [-0.25, -0.2) is 14.5 Å². The van der Waals surface area contributed by atoms with E-state index in [2.05, 4.69) is 20.2 Å². The Morgan fingerprint density at radius 1 is 1.29 bits per heavy atom. The number of hydrogen-bond acceptors (Lipinski definition) is 7. The minimum absolute atomic E-state index is 0.148. The first-order chi connectivity index (χ1) is 11.7. The molecule has 8 heteroatoms. The Labute approximate surface area is 138 Å². The molecule has 1 saturated heterocycles. The van der Waals surface area contributed by atoms with Crippen LogP contribution in [0, 0.1) is 6.92 Å². The number of aryl methyl sites for hydroxylation is 1. The Morgan fingerprint density at radius 2 is 2.12 bits per heavy atom. The molecule has 1 fully saturated rings. The number of anilines is 1. The molecule has 0 amide bonds. The van der Waals surface area contributed by atoms with Gasteiger partial charge in [-0.2, -0.15) is 0 Å². The Hall–Kier alpha value is -2.74. The predicted molar refractivity (Wildman–Crippen MR) is 89.1 cm³/mol. The van der Waals surface area contributed by atoms with Crippen LogP contribution in [0.3, 0.4) is 0 Å². The van der Waals surface area contributed by atoms with Crippen molar-refractivity contribution in [2.45, 2.75) is 13.1 Å². The van der Waals surface area contributed by atoms with Crippen molar-refractivity contribution in [3.8, 4) is 0 Å². The molecule has 1 atom stereocenters. The van der Waals surface area contributed by atoms with Crippen LogP contribution in [0.5, 0.6) is 0 Å². The fourth-order valence-corrected chi connectivity index (χ4v) is 2.90. The second-order valence-corrected chi connectivity index (χ2v) is 5.73. The zero-order valence-corrected chi connectivity index (χ0v) is 13.3. The summed E-state index contributed by atoms with van der Waals surface area (Å²) in [5.74, 6) is 1.19. The average molecular weight is 326 g/mol. The van der Waals surface area contributed by atoms with E-state index in [1.165, 1.54) is 6.07 Å². The highest BCUT2D eigenvalue weighted by Gasteiger charge is 2.28. The number of fused-ring (bicyclic) bond motifs is 1. The third-order valence-electron chi connectivity index (χ3n) is 4.06. The zero-order chi connectivity index (χ0) is 16.5. The van der Waals surface area contributed by atoms with Crippen molar-refractivity contribution in [2.75, 3.05) is 31.6 Å². The van der Waals surface area contributed by atoms with E-state index in [9.17, 15) is 4.79 Å². The van der Waals surface area contributed by atoms with Gasteiger partial charge in [0.2, 0.25) is 11.9 Å². The molecule has 24 heavy (non-hydrogen) atoms. The van der Waals surface area contributed by atoms with Crippen LogP contribution < -0.4 is 10.9 Å². The van der Waals surface area contributed by atoms with E-state index in [-0.39, 0.29) is 5.56 Å². The van der Waals surface area contributed by atoms with Crippen LogP contribution >= 0.6 is 0 Å². The maximum atomic E-state index is 12.5. The smallest absolute Gasteiger partial charge is 0.257 e. The molecule has 2 aliphatic heterocycles. The molecule has 124 valence electrons. The lowest BCUT2D eigenvalue weighted by molar-refractivity contribution is 0.0675. The fourth-order valence-electron chi connectivity index (χ4n) is 2.90. The van der Waals surface area contributed by atoms with Gasteiger partial charge in [0.05, 0.1) is 18.9 Å². The van der Waals surface area contributed by atoms with Crippen LogP contribution in [0.4, 0.5) is 5.95 Å². The molecule has 4 rings (SSSR count). The molecule has 8 nitrogen and oxygen atoms in total. The summed E-state index contributed by atoms with van der Waals surface area (Å²) >= 11 is 0. The maximum Gasteiger partial charge on any atom is 0.257 e. The molecule has 0 saturated carbocycles. The number of pyridine rings is 1. The van der Waals surface area contributed by atoms with Crippen LogP contribution in [0.1, 0.15) is 17.6 Å². The third-order valence-corrected chi connectivity index (χ3v) is 4.06. The first kappa shape index (κ1) is 14.8. The molecule has 4 heterocycles. The number of aliphatic imine (C=N–C) groups is 1. The predicted octanol–water partition coefficient (Wildman–Crippen LogP) is 0.607. The van der Waals surface area contributed by atoms with E-state index in [0.717, 1.165) is 13.1 Å². The number of guanidine groups is 1. The van der Waals surface area contributed by atoms with Gasteiger partial charge in [0.15, 0.2) is 6.17 Å². The second kappa shape index (κ2) is 6.04. The minimum atomic E-state index is -0.527. The number of ether oxygens (including phenoxy) is 1. The Bertz CT molecular complexity index is 826. The van der Waals surface area contributed by atoms with E-state index in [0.29, 0.717) is 36.5 Å². The van der Waals surface area contributed by atoms with Gasteiger partial charge < -0.3 is 9.64 Å². The van der Waals surface area contributed by atoms with Crippen molar-refractivity contribution in [2.24, 2.45) is 4.99 Å². The highest BCUT2D eigenvalue weighted by Crippen LogP contribution is 2.24. The van der Waals surface area contributed by atoms with Gasteiger partial charge in [-0.05, 0) is 19.1 Å². The molecule has 2 aliphatic rings. The monoisotopic (exact) mass is 326 g/mol.